The maximum Gasteiger partial charge on any atom is 0.223 e. The molecule has 0 aromatic carbocycles. The smallest absolute Gasteiger partial charge is 0.223 e. The van der Waals surface area contributed by atoms with Crippen LogP contribution in [0.4, 0.5) is 14.7 Å². The molecular weight excluding hydrogens is 336 g/mol. The SMILES string of the molecule is CC1CC=CC(Nc2ncc(F)c(-c3c[nH]c4ncc(F)cc34)n2)[C@H]1C. The van der Waals surface area contributed by atoms with Crippen LogP contribution in [0.3, 0.4) is 0 Å². The molecule has 3 aromatic heterocycles. The highest BCUT2D eigenvalue weighted by Gasteiger charge is 2.24. The number of rotatable bonds is 3. The Hall–Kier alpha value is -2.83. The van der Waals surface area contributed by atoms with Gasteiger partial charge >= 0.3 is 0 Å². The van der Waals surface area contributed by atoms with E-state index in [9.17, 15) is 8.78 Å². The third-order valence-corrected chi connectivity index (χ3v) is 5.11. The number of H-pyrrole nitrogens is 1. The molecule has 3 atom stereocenters. The highest BCUT2D eigenvalue weighted by Crippen LogP contribution is 2.30. The maximum atomic E-state index is 14.4. The minimum atomic E-state index is -0.568. The van der Waals surface area contributed by atoms with E-state index >= 15 is 0 Å². The van der Waals surface area contributed by atoms with Gasteiger partial charge < -0.3 is 10.3 Å². The molecule has 0 saturated heterocycles. The number of aromatic amines is 1. The molecule has 1 aliphatic carbocycles. The van der Waals surface area contributed by atoms with Crippen molar-refractivity contribution in [1.82, 2.24) is 19.9 Å². The van der Waals surface area contributed by atoms with Gasteiger partial charge in [0, 0.05) is 17.1 Å². The van der Waals surface area contributed by atoms with E-state index < -0.39 is 11.6 Å². The number of halogens is 2. The fourth-order valence-electron chi connectivity index (χ4n) is 3.31. The Labute approximate surface area is 149 Å². The number of hydrogen-bond acceptors (Lipinski definition) is 4. The molecule has 1 aliphatic rings. The molecule has 7 heteroatoms. The summed E-state index contributed by atoms with van der Waals surface area (Å²) in [6, 6.07) is 1.40. The summed E-state index contributed by atoms with van der Waals surface area (Å²) in [5.41, 5.74) is 1.05. The largest absolute Gasteiger partial charge is 0.348 e. The second-order valence-corrected chi connectivity index (χ2v) is 6.81. The molecule has 134 valence electrons. The summed E-state index contributed by atoms with van der Waals surface area (Å²) in [5, 5.41) is 3.75. The quantitative estimate of drug-likeness (QED) is 0.687. The Balaban J connectivity index is 1.71. The van der Waals surface area contributed by atoms with Gasteiger partial charge in [-0.15, -0.1) is 0 Å². The van der Waals surface area contributed by atoms with E-state index in [0.717, 1.165) is 18.8 Å². The average Bonchev–Trinajstić information content (AvgIpc) is 3.03. The van der Waals surface area contributed by atoms with Crippen molar-refractivity contribution in [3.8, 4) is 11.3 Å². The molecule has 0 bridgehead atoms. The Morgan fingerprint density at radius 1 is 1.19 bits per heavy atom. The zero-order valence-electron chi connectivity index (χ0n) is 14.5. The summed E-state index contributed by atoms with van der Waals surface area (Å²) in [6.45, 7) is 4.37. The van der Waals surface area contributed by atoms with E-state index in [1.54, 1.807) is 6.20 Å². The topological polar surface area (TPSA) is 66.5 Å². The van der Waals surface area contributed by atoms with Crippen molar-refractivity contribution in [3.63, 3.8) is 0 Å². The standard InChI is InChI=1S/C19H19F2N5/c1-10-4-3-5-16(11(10)2)25-19-24-9-15(21)17(26-19)14-8-23-18-13(14)6-12(20)7-22-18/h3,5-11,16H,4H2,1-2H3,(H,22,23)(H,24,25,26)/t10?,11-,16?/m0/s1. The lowest BCUT2D eigenvalue weighted by atomic mass is 9.82. The predicted molar refractivity (Wildman–Crippen MR) is 96.5 cm³/mol. The first-order valence-electron chi connectivity index (χ1n) is 8.61. The molecule has 0 amide bonds. The third kappa shape index (κ3) is 2.94. The molecule has 26 heavy (non-hydrogen) atoms. The summed E-state index contributed by atoms with van der Waals surface area (Å²) in [5.74, 6) is 0.238. The lowest BCUT2D eigenvalue weighted by molar-refractivity contribution is 0.355. The molecule has 0 aliphatic heterocycles. The average molecular weight is 355 g/mol. The van der Waals surface area contributed by atoms with E-state index in [4.69, 9.17) is 0 Å². The number of hydrogen-bond donors (Lipinski definition) is 2. The summed E-state index contributed by atoms with van der Waals surface area (Å²) >= 11 is 0. The summed E-state index contributed by atoms with van der Waals surface area (Å²) in [7, 11) is 0. The molecule has 3 heterocycles. The summed E-state index contributed by atoms with van der Waals surface area (Å²) in [4.78, 5) is 15.3. The lowest BCUT2D eigenvalue weighted by Gasteiger charge is -2.30. The highest BCUT2D eigenvalue weighted by atomic mass is 19.1. The normalized spacial score (nSPS) is 22.7. The first kappa shape index (κ1) is 16.6. The molecular formula is C19H19F2N5. The van der Waals surface area contributed by atoms with Crippen LogP contribution in [0, 0.1) is 23.5 Å². The number of fused-ring (bicyclic) bond motifs is 1. The van der Waals surface area contributed by atoms with E-state index in [1.807, 2.05) is 0 Å². The van der Waals surface area contributed by atoms with Crippen LogP contribution in [0.1, 0.15) is 20.3 Å². The van der Waals surface area contributed by atoms with Gasteiger partial charge in [0.1, 0.15) is 17.2 Å². The molecule has 0 fully saturated rings. The molecule has 2 unspecified atom stereocenters. The van der Waals surface area contributed by atoms with Crippen LogP contribution in [0.2, 0.25) is 0 Å². The van der Waals surface area contributed by atoms with E-state index in [1.165, 1.54) is 6.07 Å². The van der Waals surface area contributed by atoms with E-state index in [0.29, 0.717) is 34.4 Å². The molecule has 3 aromatic rings. The van der Waals surface area contributed by atoms with Gasteiger partial charge in [-0.2, -0.15) is 0 Å². The predicted octanol–water partition coefficient (Wildman–Crippen LogP) is 4.31. The molecule has 4 rings (SSSR count). The number of allylic oxidation sites excluding steroid dienone is 1. The zero-order valence-corrected chi connectivity index (χ0v) is 14.5. The third-order valence-electron chi connectivity index (χ3n) is 5.11. The van der Waals surface area contributed by atoms with Gasteiger partial charge in [-0.25, -0.2) is 23.7 Å². The van der Waals surface area contributed by atoms with Crippen LogP contribution in [-0.4, -0.2) is 26.0 Å². The molecule has 0 radical (unpaired) electrons. The van der Waals surface area contributed by atoms with Gasteiger partial charge in [0.2, 0.25) is 5.95 Å². The maximum absolute atomic E-state index is 14.4. The highest BCUT2D eigenvalue weighted by molar-refractivity contribution is 5.92. The van der Waals surface area contributed by atoms with E-state index in [2.05, 4.69) is 51.3 Å². The number of nitrogens with zero attached hydrogens (tertiary/aromatic N) is 3. The lowest BCUT2D eigenvalue weighted by Crippen LogP contribution is -2.32. The molecule has 2 N–H and O–H groups in total. The van der Waals surface area contributed by atoms with Crippen molar-refractivity contribution in [2.24, 2.45) is 11.8 Å². The number of anilines is 1. The van der Waals surface area contributed by atoms with Crippen molar-refractivity contribution in [2.75, 3.05) is 5.32 Å². The first-order valence-corrected chi connectivity index (χ1v) is 8.61. The van der Waals surface area contributed by atoms with Crippen molar-refractivity contribution in [3.05, 3.63) is 48.4 Å². The monoisotopic (exact) mass is 355 g/mol. The minimum Gasteiger partial charge on any atom is -0.348 e. The van der Waals surface area contributed by atoms with Crippen molar-refractivity contribution in [1.29, 1.82) is 0 Å². The fraction of sp³-hybridized carbons (Fsp3) is 0.316. The van der Waals surface area contributed by atoms with Crippen molar-refractivity contribution < 1.29 is 8.78 Å². The van der Waals surface area contributed by atoms with Gasteiger partial charge in [-0.05, 0) is 24.3 Å². The van der Waals surface area contributed by atoms with Crippen LogP contribution in [0.5, 0.6) is 0 Å². The minimum absolute atomic E-state index is 0.0825. The second kappa shape index (κ2) is 6.48. The first-order chi connectivity index (χ1) is 12.5. The fourth-order valence-corrected chi connectivity index (χ4v) is 3.31. The Bertz CT molecular complexity index is 981. The molecule has 0 spiro atoms. The van der Waals surface area contributed by atoms with Crippen LogP contribution in [0.25, 0.3) is 22.3 Å². The Morgan fingerprint density at radius 2 is 2.04 bits per heavy atom. The van der Waals surface area contributed by atoms with Crippen LogP contribution < -0.4 is 5.32 Å². The number of nitrogens with one attached hydrogen (secondary N) is 2. The Morgan fingerprint density at radius 3 is 2.88 bits per heavy atom. The van der Waals surface area contributed by atoms with E-state index in [-0.39, 0.29) is 11.7 Å². The zero-order chi connectivity index (χ0) is 18.3. The van der Waals surface area contributed by atoms with Crippen molar-refractivity contribution in [2.45, 2.75) is 26.3 Å². The Kier molecular flexibility index (Phi) is 4.14. The number of pyridine rings is 1. The summed E-state index contributed by atoms with van der Waals surface area (Å²) < 4.78 is 27.9. The molecule has 5 nitrogen and oxygen atoms in total. The van der Waals surface area contributed by atoms with Gasteiger partial charge in [0.25, 0.3) is 0 Å². The van der Waals surface area contributed by atoms with Crippen molar-refractivity contribution >= 4 is 17.0 Å². The van der Waals surface area contributed by atoms with Gasteiger partial charge in [0.05, 0.1) is 18.4 Å². The van der Waals surface area contributed by atoms with Crippen LogP contribution >= 0.6 is 0 Å². The van der Waals surface area contributed by atoms with Crippen LogP contribution in [0.15, 0.2) is 36.8 Å². The van der Waals surface area contributed by atoms with Crippen LogP contribution in [-0.2, 0) is 0 Å². The van der Waals surface area contributed by atoms with Gasteiger partial charge in [0.15, 0.2) is 5.82 Å². The van der Waals surface area contributed by atoms with Gasteiger partial charge in [-0.3, -0.25) is 0 Å². The molecule has 0 saturated carbocycles. The second-order valence-electron chi connectivity index (χ2n) is 6.81. The van der Waals surface area contributed by atoms with Gasteiger partial charge in [-0.1, -0.05) is 26.0 Å². The summed E-state index contributed by atoms with van der Waals surface area (Å²) in [6.07, 6.45) is 9.12. The number of aromatic nitrogens is 4.